The van der Waals surface area contributed by atoms with Crippen LogP contribution in [0.2, 0.25) is 5.02 Å². The van der Waals surface area contributed by atoms with Crippen LogP contribution in [-0.2, 0) is 4.74 Å². The number of amidine groups is 1. The Bertz CT molecular complexity index is 503. The fourth-order valence-electron chi connectivity index (χ4n) is 2.33. The van der Waals surface area contributed by atoms with Crippen molar-refractivity contribution in [3.8, 4) is 0 Å². The number of hydrogen-bond donors (Lipinski definition) is 3. The van der Waals surface area contributed by atoms with Gasteiger partial charge in [0.1, 0.15) is 11.7 Å². The largest absolute Gasteiger partial charge is 0.388 e. The highest BCUT2D eigenvalue weighted by atomic mass is 35.5. The molecule has 110 valence electrons. The maximum atomic E-state index is 10.5. The van der Waals surface area contributed by atoms with Crippen molar-refractivity contribution in [3.05, 3.63) is 22.8 Å². The molecule has 4 N–H and O–H groups in total. The van der Waals surface area contributed by atoms with Crippen molar-refractivity contribution in [3.63, 3.8) is 0 Å². The van der Waals surface area contributed by atoms with Gasteiger partial charge in [0, 0.05) is 51.4 Å². The number of ether oxygens (including phenoxy) is 1. The highest BCUT2D eigenvalue weighted by Gasteiger charge is 2.32. The number of aliphatic hydroxyl groups is 1. The Morgan fingerprint density at radius 3 is 2.85 bits per heavy atom. The maximum absolute atomic E-state index is 10.5. The molecular weight excluding hydrogens is 280 g/mol. The normalized spacial score (nSPS) is 17.8. The third kappa shape index (κ3) is 3.20. The van der Waals surface area contributed by atoms with E-state index in [9.17, 15) is 5.11 Å². The highest BCUT2D eigenvalue weighted by molar-refractivity contribution is 6.36. The molecule has 0 unspecified atom stereocenters. The molecule has 0 radical (unpaired) electrons. The Morgan fingerprint density at radius 1 is 1.60 bits per heavy atom. The van der Waals surface area contributed by atoms with Crippen molar-refractivity contribution >= 4 is 23.3 Å². The molecular formula is C13H19ClN4O2. The predicted octanol–water partition coefficient (Wildman–Crippen LogP) is 0.997. The van der Waals surface area contributed by atoms with Crippen molar-refractivity contribution in [1.29, 1.82) is 5.41 Å². The Hall–Kier alpha value is -1.37. The van der Waals surface area contributed by atoms with Gasteiger partial charge in [0.25, 0.3) is 0 Å². The summed E-state index contributed by atoms with van der Waals surface area (Å²) in [6.07, 6.45) is 2.73. The number of rotatable bonds is 4. The second kappa shape index (κ2) is 5.95. The third-order valence-electron chi connectivity index (χ3n) is 3.48. The van der Waals surface area contributed by atoms with Crippen LogP contribution in [0.4, 0.5) is 5.82 Å². The molecule has 0 aliphatic carbocycles. The topological polar surface area (TPSA) is 95.5 Å². The predicted molar refractivity (Wildman–Crippen MR) is 78.5 cm³/mol. The number of aromatic nitrogens is 1. The molecule has 0 atom stereocenters. The lowest BCUT2D eigenvalue weighted by Gasteiger charge is -2.36. The number of nitrogens with zero attached hydrogens (tertiary/aromatic N) is 2. The van der Waals surface area contributed by atoms with E-state index in [4.69, 9.17) is 27.5 Å². The minimum Gasteiger partial charge on any atom is -0.388 e. The van der Waals surface area contributed by atoms with Gasteiger partial charge >= 0.3 is 0 Å². The van der Waals surface area contributed by atoms with Crippen LogP contribution in [-0.4, -0.2) is 48.3 Å². The summed E-state index contributed by atoms with van der Waals surface area (Å²) in [6.45, 7) is 1.52. The molecule has 1 aliphatic heterocycles. The van der Waals surface area contributed by atoms with Crippen LogP contribution in [0.3, 0.4) is 0 Å². The number of nitrogen functional groups attached to an aromatic ring is 1. The second-order valence-electron chi connectivity index (χ2n) is 5.10. The summed E-state index contributed by atoms with van der Waals surface area (Å²) in [7, 11) is 1.81. The zero-order valence-electron chi connectivity index (χ0n) is 11.4. The van der Waals surface area contributed by atoms with E-state index in [1.54, 1.807) is 17.2 Å². The van der Waals surface area contributed by atoms with Crippen molar-refractivity contribution in [1.82, 2.24) is 4.98 Å². The monoisotopic (exact) mass is 298 g/mol. The summed E-state index contributed by atoms with van der Waals surface area (Å²) in [6, 6.07) is 1.60. The van der Waals surface area contributed by atoms with E-state index in [1.165, 1.54) is 0 Å². The molecule has 2 heterocycles. The van der Waals surface area contributed by atoms with Gasteiger partial charge in [-0.1, -0.05) is 11.6 Å². The first-order valence-electron chi connectivity index (χ1n) is 6.43. The van der Waals surface area contributed by atoms with Gasteiger partial charge in [0.2, 0.25) is 0 Å². The number of pyridine rings is 1. The number of hydrogen-bond acceptors (Lipinski definition) is 5. The van der Waals surface area contributed by atoms with Gasteiger partial charge in [-0.15, -0.1) is 0 Å². The van der Waals surface area contributed by atoms with E-state index in [0.29, 0.717) is 49.0 Å². The quantitative estimate of drug-likeness (QED) is 0.569. The molecule has 1 aromatic heterocycles. The first-order valence-corrected chi connectivity index (χ1v) is 6.81. The van der Waals surface area contributed by atoms with Crippen LogP contribution in [0.25, 0.3) is 0 Å². The molecule has 0 bridgehead atoms. The molecule has 0 spiro atoms. The summed E-state index contributed by atoms with van der Waals surface area (Å²) in [5.41, 5.74) is 5.13. The van der Waals surface area contributed by atoms with Crippen LogP contribution in [0.15, 0.2) is 12.3 Å². The first kappa shape index (κ1) is 15.0. The van der Waals surface area contributed by atoms with Crippen molar-refractivity contribution in [2.75, 3.05) is 31.7 Å². The Labute approximate surface area is 123 Å². The maximum Gasteiger partial charge on any atom is 0.147 e. The minimum atomic E-state index is -0.801. The first-order chi connectivity index (χ1) is 9.43. The summed E-state index contributed by atoms with van der Waals surface area (Å²) >= 11 is 6.23. The van der Waals surface area contributed by atoms with E-state index in [1.807, 2.05) is 7.05 Å². The fourth-order valence-corrected chi connectivity index (χ4v) is 2.69. The smallest absolute Gasteiger partial charge is 0.147 e. The Kier molecular flexibility index (Phi) is 4.47. The minimum absolute atomic E-state index is 0.100. The van der Waals surface area contributed by atoms with Crippen LogP contribution < -0.4 is 10.6 Å². The summed E-state index contributed by atoms with van der Waals surface area (Å²) < 4.78 is 5.26. The molecule has 0 saturated carbocycles. The average Bonchev–Trinajstić information content (AvgIpc) is 2.38. The zero-order valence-corrected chi connectivity index (χ0v) is 12.2. The summed E-state index contributed by atoms with van der Waals surface area (Å²) in [4.78, 5) is 6.01. The molecule has 20 heavy (non-hydrogen) atoms. The number of anilines is 1. The van der Waals surface area contributed by atoms with Crippen molar-refractivity contribution in [2.24, 2.45) is 5.73 Å². The zero-order chi connectivity index (χ0) is 14.8. The highest BCUT2D eigenvalue weighted by Crippen LogP contribution is 2.29. The van der Waals surface area contributed by atoms with E-state index >= 15 is 0 Å². The van der Waals surface area contributed by atoms with Gasteiger partial charge in [-0.2, -0.15) is 0 Å². The summed E-state index contributed by atoms with van der Waals surface area (Å²) in [5.74, 6) is 0.413. The Balaban J connectivity index is 2.18. The Morgan fingerprint density at radius 2 is 2.25 bits per heavy atom. The van der Waals surface area contributed by atoms with Gasteiger partial charge in [0.15, 0.2) is 0 Å². The SMILES string of the molecule is CN(CC1(O)CCOCC1)c1nccc(C(=N)N)c1Cl. The van der Waals surface area contributed by atoms with Gasteiger partial charge in [-0.25, -0.2) is 4.98 Å². The molecule has 1 aliphatic rings. The van der Waals surface area contributed by atoms with E-state index < -0.39 is 5.60 Å². The standard InChI is InChI=1S/C13H19ClN4O2/c1-18(8-13(19)3-6-20-7-4-13)12-10(14)9(11(15)16)2-5-17-12/h2,5,19H,3-4,6-8H2,1H3,(H3,15,16). The molecule has 1 fully saturated rings. The van der Waals surface area contributed by atoms with Crippen molar-refractivity contribution in [2.45, 2.75) is 18.4 Å². The lowest BCUT2D eigenvalue weighted by molar-refractivity contribution is -0.0573. The van der Waals surface area contributed by atoms with Crippen LogP contribution >= 0.6 is 11.6 Å². The molecule has 1 aromatic rings. The lowest BCUT2D eigenvalue weighted by Crippen LogP contribution is -2.46. The van der Waals surface area contributed by atoms with Crippen LogP contribution in [0.5, 0.6) is 0 Å². The number of likely N-dealkylation sites (N-methyl/N-ethyl adjacent to an activating group) is 1. The van der Waals surface area contributed by atoms with E-state index in [-0.39, 0.29) is 5.84 Å². The molecule has 2 rings (SSSR count). The van der Waals surface area contributed by atoms with E-state index in [0.717, 1.165) is 0 Å². The third-order valence-corrected chi connectivity index (χ3v) is 3.85. The average molecular weight is 299 g/mol. The second-order valence-corrected chi connectivity index (χ2v) is 5.48. The number of nitrogens with one attached hydrogen (secondary N) is 1. The van der Waals surface area contributed by atoms with Gasteiger partial charge < -0.3 is 20.5 Å². The molecule has 6 nitrogen and oxygen atoms in total. The molecule has 7 heteroatoms. The summed E-state index contributed by atoms with van der Waals surface area (Å²) in [5, 5.41) is 18.3. The van der Waals surface area contributed by atoms with Gasteiger partial charge in [-0.3, -0.25) is 5.41 Å². The lowest BCUT2D eigenvalue weighted by atomic mass is 9.94. The molecule has 1 saturated heterocycles. The van der Waals surface area contributed by atoms with Gasteiger partial charge in [0.05, 0.1) is 10.6 Å². The van der Waals surface area contributed by atoms with Crippen LogP contribution in [0, 0.1) is 5.41 Å². The number of halogens is 1. The molecule has 0 amide bonds. The number of nitrogens with two attached hydrogens (primary N) is 1. The fraction of sp³-hybridized carbons (Fsp3) is 0.538. The molecule has 0 aromatic carbocycles. The van der Waals surface area contributed by atoms with Gasteiger partial charge in [-0.05, 0) is 6.07 Å². The van der Waals surface area contributed by atoms with Crippen molar-refractivity contribution < 1.29 is 9.84 Å². The van der Waals surface area contributed by atoms with E-state index in [2.05, 4.69) is 4.98 Å². The van der Waals surface area contributed by atoms with Crippen LogP contribution in [0.1, 0.15) is 18.4 Å².